The molecule has 2 heterocycles. The van der Waals surface area contributed by atoms with E-state index in [0.717, 1.165) is 48.3 Å². The topological polar surface area (TPSA) is 64.1 Å². The molecule has 1 aliphatic rings. The number of hydrogen-bond acceptors (Lipinski definition) is 6. The van der Waals surface area contributed by atoms with E-state index in [1.807, 2.05) is 49.1 Å². The van der Waals surface area contributed by atoms with Crippen LogP contribution in [0, 0.1) is 19.7 Å². The normalized spacial score (nSPS) is 13.6. The third kappa shape index (κ3) is 10.2. The summed E-state index contributed by atoms with van der Waals surface area (Å²) in [5.41, 5.74) is 7.24. The molecule has 0 N–H and O–H groups in total. The van der Waals surface area contributed by atoms with Crippen LogP contribution in [0.1, 0.15) is 40.3 Å². The smallest absolute Gasteiger partial charge is 0.246 e. The zero-order chi connectivity index (χ0) is 36.5. The average molecular weight is 720 g/mol. The molecule has 1 amide bonds. The maximum atomic E-state index is 13.3. The first-order valence-electron chi connectivity index (χ1n) is 17.5. The van der Waals surface area contributed by atoms with Gasteiger partial charge in [-0.05, 0) is 96.6 Å². The lowest BCUT2D eigenvalue weighted by Gasteiger charge is -2.34. The van der Waals surface area contributed by atoms with Crippen molar-refractivity contribution in [2.24, 2.45) is 0 Å². The van der Waals surface area contributed by atoms with E-state index in [1.165, 1.54) is 28.8 Å². The fourth-order valence-corrected chi connectivity index (χ4v) is 6.23. The van der Waals surface area contributed by atoms with Gasteiger partial charge < -0.3 is 19.1 Å². The van der Waals surface area contributed by atoms with Crippen molar-refractivity contribution in [2.75, 3.05) is 32.8 Å². The molecule has 4 aromatic carbocycles. The summed E-state index contributed by atoms with van der Waals surface area (Å²) in [4.78, 5) is 21.9. The monoisotopic (exact) mass is 719 g/mol. The lowest BCUT2D eigenvalue weighted by Crippen LogP contribution is -2.47. The van der Waals surface area contributed by atoms with E-state index in [4.69, 9.17) is 25.8 Å². The molecule has 0 atom stereocenters. The first-order valence-corrected chi connectivity index (χ1v) is 17.8. The summed E-state index contributed by atoms with van der Waals surface area (Å²) in [6.45, 7) is 10.7. The largest absolute Gasteiger partial charge is 0.493 e. The van der Waals surface area contributed by atoms with Crippen molar-refractivity contribution < 1.29 is 23.4 Å². The van der Waals surface area contributed by atoms with E-state index in [2.05, 4.69) is 53.2 Å². The number of benzene rings is 4. The van der Waals surface area contributed by atoms with E-state index in [0.29, 0.717) is 54.5 Å². The summed E-state index contributed by atoms with van der Waals surface area (Å²) in [5, 5.41) is 0.441. The van der Waals surface area contributed by atoms with Crippen LogP contribution in [0.15, 0.2) is 109 Å². The lowest BCUT2D eigenvalue weighted by molar-refractivity contribution is -0.127. The Bertz CT molecular complexity index is 1950. The molecule has 1 fully saturated rings. The zero-order valence-electron chi connectivity index (χ0n) is 29.8. The van der Waals surface area contributed by atoms with Gasteiger partial charge in [-0.3, -0.25) is 9.69 Å². The van der Waals surface area contributed by atoms with Crippen molar-refractivity contribution in [3.63, 3.8) is 0 Å². The van der Waals surface area contributed by atoms with Crippen molar-refractivity contribution in [2.45, 2.75) is 40.3 Å². The van der Waals surface area contributed by atoms with Crippen LogP contribution in [-0.2, 0) is 24.4 Å². The zero-order valence-corrected chi connectivity index (χ0v) is 30.5. The maximum Gasteiger partial charge on any atom is 0.246 e. The summed E-state index contributed by atoms with van der Waals surface area (Å²) in [6, 6.07) is 30.2. The first kappa shape index (κ1) is 36.6. The van der Waals surface area contributed by atoms with Crippen LogP contribution in [-0.4, -0.2) is 53.5 Å². The standard InChI is InChI=1S/C43H43ClFN3O4/c1-30-4-6-35(7-5-30)29-51-39-16-17-41(46-27-39)52-43-32(3)24-36(26-40(43)44)31(2)25-42(49)48-21-19-47(20-22-48)28-34-10-8-33(9-11-34)18-23-50-38-14-12-37(45)13-15-38/h4-17,24-27H,18-23,28-29H2,1-3H3/b31-25-. The van der Waals surface area contributed by atoms with Crippen molar-refractivity contribution in [1.29, 1.82) is 0 Å². The van der Waals surface area contributed by atoms with Gasteiger partial charge >= 0.3 is 0 Å². The number of pyridine rings is 1. The highest BCUT2D eigenvalue weighted by Gasteiger charge is 2.21. The minimum atomic E-state index is -0.272. The Morgan fingerprint density at radius 1 is 0.827 bits per heavy atom. The van der Waals surface area contributed by atoms with Crippen LogP contribution in [0.5, 0.6) is 23.1 Å². The molecule has 0 aliphatic carbocycles. The molecule has 1 aromatic heterocycles. The number of ether oxygens (including phenoxy) is 3. The van der Waals surface area contributed by atoms with Gasteiger partial charge in [0.05, 0.1) is 17.8 Å². The Morgan fingerprint density at radius 2 is 1.50 bits per heavy atom. The number of aryl methyl sites for hydroxylation is 2. The minimum absolute atomic E-state index is 0.00709. The second-order valence-corrected chi connectivity index (χ2v) is 13.5. The molecule has 6 rings (SSSR count). The highest BCUT2D eigenvalue weighted by Crippen LogP contribution is 2.35. The molecule has 52 heavy (non-hydrogen) atoms. The van der Waals surface area contributed by atoms with Gasteiger partial charge in [-0.2, -0.15) is 0 Å². The van der Waals surface area contributed by atoms with Gasteiger partial charge in [0.2, 0.25) is 11.8 Å². The second kappa shape index (κ2) is 17.4. The van der Waals surface area contributed by atoms with Crippen LogP contribution in [0.4, 0.5) is 4.39 Å². The van der Waals surface area contributed by atoms with Gasteiger partial charge in [-0.15, -0.1) is 0 Å². The minimum Gasteiger partial charge on any atom is -0.493 e. The number of piperazine rings is 1. The number of allylic oxidation sites excluding steroid dienone is 1. The summed E-state index contributed by atoms with van der Waals surface area (Å²) in [6.07, 6.45) is 4.10. The van der Waals surface area contributed by atoms with Crippen molar-refractivity contribution in [3.05, 3.63) is 154 Å². The molecule has 9 heteroatoms. The van der Waals surface area contributed by atoms with Gasteiger partial charge in [0.15, 0.2) is 5.75 Å². The number of carbonyl (C=O) groups excluding carboxylic acids is 1. The summed E-state index contributed by atoms with van der Waals surface area (Å²) in [5.74, 6) is 1.96. The number of amides is 1. The molecular formula is C43H43ClFN3O4. The number of halogens is 2. The van der Waals surface area contributed by atoms with Gasteiger partial charge in [0.25, 0.3) is 0 Å². The number of hydrogen-bond donors (Lipinski definition) is 0. The van der Waals surface area contributed by atoms with E-state index in [-0.39, 0.29) is 11.7 Å². The molecular weight excluding hydrogens is 677 g/mol. The van der Waals surface area contributed by atoms with Crippen LogP contribution in [0.2, 0.25) is 5.02 Å². The predicted octanol–water partition coefficient (Wildman–Crippen LogP) is 9.23. The fourth-order valence-electron chi connectivity index (χ4n) is 5.93. The summed E-state index contributed by atoms with van der Waals surface area (Å²) >= 11 is 6.69. The van der Waals surface area contributed by atoms with Gasteiger partial charge in [-0.25, -0.2) is 9.37 Å². The predicted molar refractivity (Wildman–Crippen MR) is 204 cm³/mol. The highest BCUT2D eigenvalue weighted by molar-refractivity contribution is 6.32. The summed E-state index contributed by atoms with van der Waals surface area (Å²) in [7, 11) is 0. The number of carbonyl (C=O) groups is 1. The fraction of sp³-hybridized carbons (Fsp3) is 0.256. The molecule has 0 radical (unpaired) electrons. The second-order valence-electron chi connectivity index (χ2n) is 13.1. The maximum absolute atomic E-state index is 13.3. The van der Waals surface area contributed by atoms with Crippen LogP contribution in [0.3, 0.4) is 0 Å². The molecule has 0 spiro atoms. The van der Waals surface area contributed by atoms with Crippen molar-refractivity contribution >= 4 is 23.1 Å². The Balaban J connectivity index is 0.955. The van der Waals surface area contributed by atoms with Gasteiger partial charge in [0, 0.05) is 51.3 Å². The number of nitrogens with zero attached hydrogens (tertiary/aromatic N) is 3. The van der Waals surface area contributed by atoms with Crippen LogP contribution in [0.25, 0.3) is 5.57 Å². The van der Waals surface area contributed by atoms with Crippen molar-refractivity contribution in [3.8, 4) is 23.1 Å². The van der Waals surface area contributed by atoms with Crippen molar-refractivity contribution in [1.82, 2.24) is 14.8 Å². The molecule has 0 bridgehead atoms. The number of rotatable bonds is 13. The Hall–Kier alpha value is -5.18. The third-order valence-electron chi connectivity index (χ3n) is 9.05. The Morgan fingerprint density at radius 3 is 2.17 bits per heavy atom. The molecule has 0 saturated carbocycles. The Kier molecular flexibility index (Phi) is 12.2. The molecule has 1 saturated heterocycles. The van der Waals surface area contributed by atoms with E-state index in [9.17, 15) is 9.18 Å². The Labute approximate surface area is 310 Å². The van der Waals surface area contributed by atoms with E-state index < -0.39 is 0 Å². The molecule has 268 valence electrons. The molecule has 5 aromatic rings. The quantitative estimate of drug-likeness (QED) is 0.113. The van der Waals surface area contributed by atoms with E-state index >= 15 is 0 Å². The molecule has 0 unspecified atom stereocenters. The average Bonchev–Trinajstić information content (AvgIpc) is 3.15. The third-order valence-corrected chi connectivity index (χ3v) is 9.33. The van der Waals surface area contributed by atoms with E-state index in [1.54, 1.807) is 30.5 Å². The van der Waals surface area contributed by atoms with Crippen LogP contribution >= 0.6 is 11.6 Å². The number of aromatic nitrogens is 1. The van der Waals surface area contributed by atoms with Crippen LogP contribution < -0.4 is 14.2 Å². The SMILES string of the molecule is C/C(=C/C(=O)N1CCN(Cc2ccc(CCOc3ccc(F)cc3)cc2)CC1)c1cc(C)c(Oc2ccc(OCc3ccc(C)cc3)cn2)c(Cl)c1. The first-order chi connectivity index (χ1) is 25.2. The highest BCUT2D eigenvalue weighted by atomic mass is 35.5. The molecule has 7 nitrogen and oxygen atoms in total. The molecule has 1 aliphatic heterocycles. The lowest BCUT2D eigenvalue weighted by atomic mass is 10.0. The summed E-state index contributed by atoms with van der Waals surface area (Å²) < 4.78 is 30.7. The van der Waals surface area contributed by atoms with Gasteiger partial charge in [0.1, 0.15) is 23.9 Å². The van der Waals surface area contributed by atoms with Gasteiger partial charge in [-0.1, -0.05) is 65.7 Å².